The third-order valence-electron chi connectivity index (χ3n) is 17.4. The lowest BCUT2D eigenvalue weighted by molar-refractivity contribution is -0.144. The number of hydrogen-bond donors (Lipinski definition) is 0. The molecule has 108 heavy (non-hydrogen) atoms. The van der Waals surface area contributed by atoms with Crippen molar-refractivity contribution in [1.29, 1.82) is 0 Å². The van der Waals surface area contributed by atoms with E-state index in [-0.39, 0.29) is 102 Å². The number of ether oxygens (including phenoxy) is 8. The standard InChI is InChI=1S/2C37H60O12S2Si2.2CH4/c2*1-37(2,31-11-15-33(16-12-31)46-21-23-48-35(38)19-27-50-25-9-29-52(40-3,41-4)42-5)32-13-17-34(18-14-32)47-22-24-49-36(39)20-28-51-26-10-30-53(43-6,44-7)45-8;;/h2*11-18H,9-10,19-30H2,1-8H3;2*1H4. The molecule has 0 atom stereocenters. The zero-order valence-electron chi connectivity index (χ0n) is 65.5. The first-order chi connectivity index (χ1) is 51.0. The predicted octanol–water partition coefficient (Wildman–Crippen LogP) is 14.6. The molecule has 0 spiro atoms. The maximum Gasteiger partial charge on any atom is 0.500 e. The van der Waals surface area contributed by atoms with E-state index in [2.05, 4.69) is 27.7 Å². The summed E-state index contributed by atoms with van der Waals surface area (Å²) >= 11 is 6.79. The molecule has 4 rings (SSSR count). The van der Waals surface area contributed by atoms with E-state index < -0.39 is 35.2 Å². The lowest BCUT2D eigenvalue weighted by Gasteiger charge is -2.26. The van der Waals surface area contributed by atoms with Crippen molar-refractivity contribution in [3.8, 4) is 23.0 Å². The minimum absolute atomic E-state index is 0. The van der Waals surface area contributed by atoms with Gasteiger partial charge in [0.1, 0.15) is 75.9 Å². The Bertz CT molecular complexity index is 2560. The zero-order valence-corrected chi connectivity index (χ0v) is 72.7. The van der Waals surface area contributed by atoms with E-state index in [1.165, 1.54) is 0 Å². The van der Waals surface area contributed by atoms with Crippen molar-refractivity contribution in [3.63, 3.8) is 0 Å². The smallest absolute Gasteiger partial charge is 0.490 e. The van der Waals surface area contributed by atoms with Gasteiger partial charge < -0.3 is 91.0 Å². The molecule has 0 bridgehead atoms. The van der Waals surface area contributed by atoms with E-state index in [4.69, 9.17) is 91.0 Å². The Morgan fingerprint density at radius 3 is 0.593 bits per heavy atom. The molecule has 0 aliphatic heterocycles. The number of carbonyl (C=O) groups is 4. The lowest BCUT2D eigenvalue weighted by atomic mass is 9.78. The molecule has 0 amide bonds. The fourth-order valence-corrected chi connectivity index (χ4v) is 21.9. The zero-order chi connectivity index (χ0) is 78.0. The average molecular weight is 1670 g/mol. The van der Waals surface area contributed by atoms with Crippen molar-refractivity contribution in [3.05, 3.63) is 119 Å². The molecular weight excluding hydrogens is 1540 g/mol. The van der Waals surface area contributed by atoms with Gasteiger partial charge in [-0.3, -0.25) is 19.2 Å². The van der Waals surface area contributed by atoms with Gasteiger partial charge in [0, 0.05) is 143 Å². The maximum atomic E-state index is 12.1. The summed E-state index contributed by atoms with van der Waals surface area (Å²) < 4.78 is 110. The van der Waals surface area contributed by atoms with E-state index in [0.717, 1.165) is 95.1 Å². The Kier molecular flexibility index (Phi) is 54.4. The van der Waals surface area contributed by atoms with Gasteiger partial charge in [-0.15, -0.1) is 0 Å². The molecule has 0 N–H and O–H groups in total. The Labute approximate surface area is 667 Å². The van der Waals surface area contributed by atoms with E-state index in [1.54, 1.807) is 132 Å². The number of rotatable bonds is 60. The van der Waals surface area contributed by atoms with Crippen LogP contribution in [0, 0.1) is 0 Å². The van der Waals surface area contributed by atoms with Crippen LogP contribution in [0.1, 0.15) is 116 Å². The Hall–Kier alpha value is -4.25. The van der Waals surface area contributed by atoms with Gasteiger partial charge in [-0.1, -0.05) is 91.1 Å². The van der Waals surface area contributed by atoms with Crippen LogP contribution in [-0.4, -0.2) is 243 Å². The van der Waals surface area contributed by atoms with Crippen LogP contribution in [0.5, 0.6) is 23.0 Å². The Morgan fingerprint density at radius 2 is 0.435 bits per heavy atom. The molecule has 0 unspecified atom stereocenters. The second kappa shape index (κ2) is 57.7. The van der Waals surface area contributed by atoms with Gasteiger partial charge in [-0.25, -0.2) is 0 Å². The van der Waals surface area contributed by atoms with Crippen molar-refractivity contribution in [1.82, 2.24) is 0 Å². The third kappa shape index (κ3) is 38.5. The van der Waals surface area contributed by atoms with Gasteiger partial charge in [-0.05, 0) is 119 Å². The summed E-state index contributed by atoms with van der Waals surface area (Å²) in [5, 5.41) is 0. The van der Waals surface area contributed by atoms with Gasteiger partial charge in [0.25, 0.3) is 0 Å². The summed E-state index contributed by atoms with van der Waals surface area (Å²) in [5.41, 5.74) is 3.99. The highest BCUT2D eigenvalue weighted by molar-refractivity contribution is 7.99. The van der Waals surface area contributed by atoms with Crippen LogP contribution in [0.15, 0.2) is 97.1 Å². The van der Waals surface area contributed by atoms with Crippen LogP contribution in [0.2, 0.25) is 24.2 Å². The molecule has 0 saturated carbocycles. The van der Waals surface area contributed by atoms with Crippen molar-refractivity contribution in [2.24, 2.45) is 0 Å². The number of thioether (sulfide) groups is 4. The molecule has 0 fully saturated rings. The lowest BCUT2D eigenvalue weighted by Crippen LogP contribution is -2.42. The van der Waals surface area contributed by atoms with E-state index in [9.17, 15) is 19.2 Å². The molecule has 0 aromatic heterocycles. The van der Waals surface area contributed by atoms with Crippen LogP contribution in [-0.2, 0) is 102 Å². The minimum Gasteiger partial charge on any atom is -0.490 e. The maximum absolute atomic E-state index is 12.1. The van der Waals surface area contributed by atoms with Crippen LogP contribution in [0.3, 0.4) is 0 Å². The molecule has 616 valence electrons. The average Bonchev–Trinajstić information content (AvgIpc) is 0.807. The molecule has 4 aromatic carbocycles. The second-order valence-corrected chi connectivity index (χ2v) is 41.9. The number of esters is 4. The predicted molar refractivity (Wildman–Crippen MR) is 442 cm³/mol. The highest BCUT2D eigenvalue weighted by Crippen LogP contribution is 2.36. The first-order valence-electron chi connectivity index (χ1n) is 35.5. The number of hydrogen-bond acceptors (Lipinski definition) is 28. The van der Waals surface area contributed by atoms with Gasteiger partial charge in [0.05, 0.1) is 25.7 Å². The summed E-state index contributed by atoms with van der Waals surface area (Å²) in [7, 11) is 9.19. The van der Waals surface area contributed by atoms with E-state index in [0.29, 0.717) is 71.7 Å². The van der Waals surface area contributed by atoms with Crippen molar-refractivity contribution in [2.75, 3.05) is 184 Å². The van der Waals surface area contributed by atoms with Crippen molar-refractivity contribution < 1.29 is 110 Å². The molecule has 0 aliphatic carbocycles. The molecule has 4 aromatic rings. The largest absolute Gasteiger partial charge is 0.500 e. The first kappa shape index (κ1) is 102. The molecule has 32 heteroatoms. The van der Waals surface area contributed by atoms with Crippen LogP contribution in [0.25, 0.3) is 0 Å². The fourth-order valence-electron chi connectivity index (χ4n) is 10.6. The van der Waals surface area contributed by atoms with Crippen LogP contribution >= 0.6 is 47.0 Å². The molecule has 0 heterocycles. The molecule has 0 radical (unpaired) electrons. The van der Waals surface area contributed by atoms with Gasteiger partial charge in [-0.2, -0.15) is 47.0 Å². The van der Waals surface area contributed by atoms with Gasteiger partial charge in [0.2, 0.25) is 0 Å². The Balaban J connectivity index is 0.00000106. The first-order valence-corrected chi connectivity index (χ1v) is 47.9. The summed E-state index contributed by atoms with van der Waals surface area (Å²) in [4.78, 5) is 48.4. The van der Waals surface area contributed by atoms with E-state index in [1.807, 2.05) is 97.1 Å². The Morgan fingerprint density at radius 1 is 0.269 bits per heavy atom. The summed E-state index contributed by atoms with van der Waals surface area (Å²) in [6.07, 6.45) is 4.96. The van der Waals surface area contributed by atoms with Crippen LogP contribution < -0.4 is 18.9 Å². The van der Waals surface area contributed by atoms with E-state index >= 15 is 0 Å². The fraction of sp³-hybridized carbons (Fsp3) is 0.632. The van der Waals surface area contributed by atoms with Crippen LogP contribution in [0.4, 0.5) is 0 Å². The summed E-state index contributed by atoms with van der Waals surface area (Å²) in [5.74, 6) is 8.23. The summed E-state index contributed by atoms with van der Waals surface area (Å²) in [6.45, 7) is 10.5. The molecule has 0 aliphatic rings. The highest BCUT2D eigenvalue weighted by atomic mass is 32.2. The van der Waals surface area contributed by atoms with Crippen molar-refractivity contribution in [2.45, 2.75) is 129 Å². The normalized spacial score (nSPS) is 11.9. The molecular formula is C76H128O24S4Si4. The number of carbonyl (C=O) groups excluding carboxylic acids is 4. The quantitative estimate of drug-likeness (QED) is 0.0172. The topological polar surface area (TPSA) is 253 Å². The minimum atomic E-state index is -2.54. The number of benzene rings is 4. The molecule has 24 nitrogen and oxygen atoms in total. The van der Waals surface area contributed by atoms with Gasteiger partial charge in [0.15, 0.2) is 0 Å². The monoisotopic (exact) mass is 1660 g/mol. The highest BCUT2D eigenvalue weighted by Gasteiger charge is 2.40. The SMILES string of the molecule is C.C.CO[Si](CCCSCCC(=O)OCCOc1ccc(C(C)(C)c2ccc(OCCOC(=O)CCSCCC[Si](OC)(OC)OC)cc2)cc1)(OC)OC.CO[Si](CCCSCCC(=O)OCCOc1ccc(C(C)(C)c2ccc(OCCOC(=O)CCSCCC[Si](OC)(OC)OC)cc2)cc1)(OC)OC. The van der Waals surface area contributed by atoms with Gasteiger partial charge >= 0.3 is 59.1 Å². The second-order valence-electron chi connectivity index (χ2n) is 24.7. The summed E-state index contributed by atoms with van der Waals surface area (Å²) in [6, 6.07) is 34.8. The molecule has 0 saturated heterocycles. The third-order valence-corrected chi connectivity index (χ3v) is 33.0. The van der Waals surface area contributed by atoms with Crippen molar-refractivity contribution >= 4 is 106 Å².